The van der Waals surface area contributed by atoms with Gasteiger partial charge in [0.2, 0.25) is 0 Å². The zero-order valence-corrected chi connectivity index (χ0v) is 16.2. The fourth-order valence-corrected chi connectivity index (χ4v) is 3.37. The summed E-state index contributed by atoms with van der Waals surface area (Å²) in [6.45, 7) is 0.124. The maximum atomic E-state index is 11.9. The van der Waals surface area contributed by atoms with Gasteiger partial charge in [-0.2, -0.15) is 0 Å². The molecule has 0 aliphatic heterocycles. The van der Waals surface area contributed by atoms with E-state index in [1.807, 2.05) is 17.7 Å². The van der Waals surface area contributed by atoms with E-state index < -0.39 is 5.97 Å². The average Bonchev–Trinajstić information content (AvgIpc) is 2.91. The van der Waals surface area contributed by atoms with E-state index in [1.165, 1.54) is 0 Å². The van der Waals surface area contributed by atoms with Crippen molar-refractivity contribution in [3.63, 3.8) is 0 Å². The van der Waals surface area contributed by atoms with Crippen LogP contribution in [0.15, 0.2) is 40.9 Å². The van der Waals surface area contributed by atoms with E-state index in [-0.39, 0.29) is 12.2 Å². The molecule has 6 nitrogen and oxygen atoms in total. The van der Waals surface area contributed by atoms with Gasteiger partial charge in [-0.15, -0.1) is 0 Å². The minimum atomic E-state index is -1.01. The Hall–Kier alpha value is -2.67. The summed E-state index contributed by atoms with van der Waals surface area (Å²) in [5.41, 5.74) is 1.56. The molecule has 0 saturated heterocycles. The number of benzene rings is 2. The van der Waals surface area contributed by atoms with E-state index in [4.69, 9.17) is 14.2 Å². The molecule has 3 aromatic rings. The zero-order chi connectivity index (χ0) is 18.8. The summed E-state index contributed by atoms with van der Waals surface area (Å²) in [4.78, 5) is 11.9. The van der Waals surface area contributed by atoms with Gasteiger partial charge in [0.1, 0.15) is 23.9 Å². The predicted molar refractivity (Wildman–Crippen MR) is 101 cm³/mol. The SMILES string of the molecule is COc1ccc(OCc2c(C(=O)O)c3cc(OC)c(Br)cc3n2C)cc1. The topological polar surface area (TPSA) is 69.9 Å². The number of carboxylic acids is 1. The highest BCUT2D eigenvalue weighted by atomic mass is 79.9. The first-order valence-corrected chi connectivity index (χ1v) is 8.60. The minimum Gasteiger partial charge on any atom is -0.497 e. The van der Waals surface area contributed by atoms with Crippen molar-refractivity contribution >= 4 is 32.8 Å². The van der Waals surface area contributed by atoms with Gasteiger partial charge in [0.25, 0.3) is 0 Å². The van der Waals surface area contributed by atoms with Crippen LogP contribution in [0.1, 0.15) is 16.1 Å². The number of aromatic carboxylic acids is 1. The number of carbonyl (C=O) groups is 1. The monoisotopic (exact) mass is 419 g/mol. The number of methoxy groups -OCH3 is 2. The van der Waals surface area contributed by atoms with Gasteiger partial charge in [-0.25, -0.2) is 4.79 Å². The molecule has 3 rings (SSSR count). The molecule has 0 atom stereocenters. The Bertz CT molecular complexity index is 962. The van der Waals surface area contributed by atoms with E-state index in [1.54, 1.807) is 44.6 Å². The average molecular weight is 420 g/mol. The Kier molecular flexibility index (Phi) is 5.08. The van der Waals surface area contributed by atoms with Gasteiger partial charge in [-0.05, 0) is 52.3 Å². The molecule has 0 saturated carbocycles. The van der Waals surface area contributed by atoms with Gasteiger partial charge in [0.05, 0.1) is 35.5 Å². The molecule has 0 aliphatic carbocycles. The summed E-state index contributed by atoms with van der Waals surface area (Å²) in [5.74, 6) is 0.929. The van der Waals surface area contributed by atoms with Gasteiger partial charge < -0.3 is 23.9 Å². The molecule has 0 unspecified atom stereocenters. The summed E-state index contributed by atoms with van der Waals surface area (Å²) in [5, 5.41) is 10.3. The van der Waals surface area contributed by atoms with E-state index in [0.29, 0.717) is 22.6 Å². The number of rotatable bonds is 6. The Labute approximate surface area is 159 Å². The van der Waals surface area contributed by atoms with Crippen molar-refractivity contribution < 1.29 is 24.1 Å². The fraction of sp³-hybridized carbons (Fsp3) is 0.211. The number of ether oxygens (including phenoxy) is 3. The lowest BCUT2D eigenvalue weighted by Crippen LogP contribution is -2.08. The second kappa shape index (κ2) is 7.29. The number of halogens is 1. The van der Waals surface area contributed by atoms with Crippen LogP contribution < -0.4 is 14.2 Å². The van der Waals surface area contributed by atoms with Crippen molar-refractivity contribution in [1.29, 1.82) is 0 Å². The van der Waals surface area contributed by atoms with E-state index in [9.17, 15) is 9.90 Å². The van der Waals surface area contributed by atoms with Crippen molar-refractivity contribution in [2.45, 2.75) is 6.61 Å². The van der Waals surface area contributed by atoms with Crippen molar-refractivity contribution in [2.24, 2.45) is 7.05 Å². The standard InChI is InChI=1S/C19H18BrNO5/c1-21-15-9-14(20)17(25-3)8-13(15)18(19(22)23)16(21)10-26-12-6-4-11(24-2)5-7-12/h4-9H,10H2,1-3H3,(H,22,23). The highest BCUT2D eigenvalue weighted by molar-refractivity contribution is 9.10. The maximum Gasteiger partial charge on any atom is 0.338 e. The maximum absolute atomic E-state index is 11.9. The van der Waals surface area contributed by atoms with Crippen LogP contribution in [0.3, 0.4) is 0 Å². The number of nitrogens with zero attached hydrogens (tertiary/aromatic N) is 1. The van der Waals surface area contributed by atoms with Crippen LogP contribution in [-0.4, -0.2) is 29.9 Å². The lowest BCUT2D eigenvalue weighted by molar-refractivity contribution is 0.0695. The molecule has 0 amide bonds. The van der Waals surface area contributed by atoms with Gasteiger partial charge in [-0.1, -0.05) is 0 Å². The first-order chi connectivity index (χ1) is 12.5. The molecule has 1 N–H and O–H groups in total. The largest absolute Gasteiger partial charge is 0.497 e. The van der Waals surface area contributed by atoms with Crippen LogP contribution in [0.4, 0.5) is 0 Å². The third-order valence-electron chi connectivity index (χ3n) is 4.24. The summed E-state index contributed by atoms with van der Waals surface area (Å²) in [6, 6.07) is 10.7. The molecule has 0 radical (unpaired) electrons. The van der Waals surface area contributed by atoms with E-state index >= 15 is 0 Å². The van der Waals surface area contributed by atoms with Gasteiger partial charge in [-0.3, -0.25) is 0 Å². The van der Waals surface area contributed by atoms with Crippen LogP contribution >= 0.6 is 15.9 Å². The molecular formula is C19H18BrNO5. The highest BCUT2D eigenvalue weighted by Crippen LogP contribution is 2.35. The zero-order valence-electron chi connectivity index (χ0n) is 14.6. The summed E-state index contributed by atoms with van der Waals surface area (Å²) >= 11 is 3.44. The fourth-order valence-electron chi connectivity index (χ4n) is 2.88. The number of hydrogen-bond acceptors (Lipinski definition) is 4. The second-order valence-electron chi connectivity index (χ2n) is 5.65. The predicted octanol–water partition coefficient (Wildman–Crippen LogP) is 4.24. The molecule has 0 bridgehead atoms. The summed E-state index contributed by atoms with van der Waals surface area (Å²) in [6.07, 6.45) is 0. The Morgan fingerprint density at radius 3 is 2.35 bits per heavy atom. The first kappa shape index (κ1) is 18.1. The lowest BCUT2D eigenvalue weighted by Gasteiger charge is -2.09. The molecule has 2 aromatic carbocycles. The molecule has 1 heterocycles. The molecule has 0 spiro atoms. The van der Waals surface area contributed by atoms with Crippen molar-refractivity contribution in [1.82, 2.24) is 4.57 Å². The number of hydrogen-bond donors (Lipinski definition) is 1. The minimum absolute atomic E-state index is 0.124. The van der Waals surface area contributed by atoms with E-state index in [2.05, 4.69) is 15.9 Å². The third-order valence-corrected chi connectivity index (χ3v) is 4.86. The molecular weight excluding hydrogens is 402 g/mol. The first-order valence-electron chi connectivity index (χ1n) is 7.81. The highest BCUT2D eigenvalue weighted by Gasteiger charge is 2.22. The smallest absolute Gasteiger partial charge is 0.338 e. The number of aryl methyl sites for hydroxylation is 1. The normalized spacial score (nSPS) is 10.8. The van der Waals surface area contributed by atoms with Gasteiger partial charge in [0.15, 0.2) is 0 Å². The molecule has 0 fully saturated rings. The molecule has 1 aromatic heterocycles. The molecule has 136 valence electrons. The Morgan fingerprint density at radius 1 is 1.12 bits per heavy atom. The van der Waals surface area contributed by atoms with Crippen LogP contribution in [0.25, 0.3) is 10.9 Å². The molecule has 7 heteroatoms. The third kappa shape index (κ3) is 3.22. The van der Waals surface area contributed by atoms with Gasteiger partial charge >= 0.3 is 5.97 Å². The quantitative estimate of drug-likeness (QED) is 0.646. The van der Waals surface area contributed by atoms with Crippen molar-refractivity contribution in [3.8, 4) is 17.2 Å². The summed E-state index contributed by atoms with van der Waals surface area (Å²) in [7, 11) is 4.96. The molecule has 0 aliphatic rings. The van der Waals surface area contributed by atoms with E-state index in [0.717, 1.165) is 15.7 Å². The summed E-state index contributed by atoms with van der Waals surface area (Å²) < 4.78 is 18.8. The van der Waals surface area contributed by atoms with Crippen LogP contribution in [0.5, 0.6) is 17.2 Å². The Balaban J connectivity index is 2.02. The van der Waals surface area contributed by atoms with Crippen molar-refractivity contribution in [3.05, 3.63) is 52.1 Å². The Morgan fingerprint density at radius 2 is 1.77 bits per heavy atom. The van der Waals surface area contributed by atoms with Gasteiger partial charge in [0, 0.05) is 12.4 Å². The number of aromatic nitrogens is 1. The molecule has 26 heavy (non-hydrogen) atoms. The van der Waals surface area contributed by atoms with Crippen molar-refractivity contribution in [2.75, 3.05) is 14.2 Å². The number of fused-ring (bicyclic) bond motifs is 1. The lowest BCUT2D eigenvalue weighted by atomic mass is 10.1. The van der Waals surface area contributed by atoms with Crippen LogP contribution in [-0.2, 0) is 13.7 Å². The number of carboxylic acid groups (broad SMARTS) is 1. The van der Waals surface area contributed by atoms with Crippen LogP contribution in [0.2, 0.25) is 0 Å². The van der Waals surface area contributed by atoms with Crippen LogP contribution in [0, 0.1) is 0 Å². The second-order valence-corrected chi connectivity index (χ2v) is 6.51.